The lowest BCUT2D eigenvalue weighted by Gasteiger charge is -2.46. The first kappa shape index (κ1) is 51.9. The number of carbonyl (C=O) groups excluding carboxylic acids is 3. The summed E-state index contributed by atoms with van der Waals surface area (Å²) in [7, 11) is 0. The summed E-state index contributed by atoms with van der Waals surface area (Å²) < 4.78 is 49.6. The number of benzene rings is 2. The number of nitrogens with one attached hydrogen (secondary N) is 1. The Labute approximate surface area is 378 Å². The van der Waals surface area contributed by atoms with Crippen LogP contribution in [0.15, 0.2) is 57.5 Å². The van der Waals surface area contributed by atoms with Crippen LogP contribution in [-0.2, 0) is 36.6 Å². The van der Waals surface area contributed by atoms with E-state index in [2.05, 4.69) is 66.3 Å². The fraction of sp³-hybridized carbons (Fsp3) is 0.659. The van der Waals surface area contributed by atoms with E-state index in [1.54, 1.807) is 9.80 Å². The van der Waals surface area contributed by atoms with Gasteiger partial charge in [0.25, 0.3) is 0 Å². The smallest absolute Gasteiger partial charge is 0.410 e. The number of piperidine rings is 2. The average molecular weight is 995 g/mol. The number of Topliss-reactive ketones (excluding diaryl/α,β-unsaturated/α-hetero) is 1. The molecule has 1 N–H and O–H groups in total. The molecule has 4 atom stereocenters. The minimum absolute atomic E-state index is 0. The first-order valence-electron chi connectivity index (χ1n) is 20.7. The standard InChI is InChI=1S/C22H32BrFN2O3.C12H15BrFNO.C10H17NO3.ClH/c1-22(2,3)29-21(27)25-10-8-18(9-11-25)26-14-20(13-24)28-15-19(26)12-16-4-6-17(23)7-5-16;13-10-3-1-9(2-4-10)5-11-8-16-12(6-14)7-15-11;1-10(2,3)14-9(13)11-6-4-8(12)5-7-11;/h4-7,18-20H,8-15H2,1-3H3;1-4,11-12,15H,5-8H2;4-7H2,1-3H3;1H/t19-,20-;11-,12-;;/m00../s1. The Morgan fingerprint density at radius 3 is 1.65 bits per heavy atom. The molecule has 4 aliphatic heterocycles. The molecule has 0 radical (unpaired) electrons. The Balaban J connectivity index is 0.000000262. The number of halogens is 5. The second-order valence-corrected chi connectivity index (χ2v) is 19.4. The number of amides is 2. The highest BCUT2D eigenvalue weighted by atomic mass is 79.9. The van der Waals surface area contributed by atoms with E-state index in [4.69, 9.17) is 18.9 Å². The summed E-state index contributed by atoms with van der Waals surface area (Å²) in [6.45, 7) is 15.0. The van der Waals surface area contributed by atoms with Crippen LogP contribution in [0.3, 0.4) is 0 Å². The molecule has 0 aliphatic carbocycles. The molecule has 0 bridgehead atoms. The van der Waals surface area contributed by atoms with Gasteiger partial charge in [-0.05, 0) is 103 Å². The van der Waals surface area contributed by atoms with Gasteiger partial charge in [0.2, 0.25) is 0 Å². The van der Waals surface area contributed by atoms with Gasteiger partial charge >= 0.3 is 12.2 Å². The zero-order chi connectivity index (χ0) is 43.2. The number of hydrogen-bond acceptors (Lipinski definition) is 9. The van der Waals surface area contributed by atoms with Crippen LogP contribution in [0.25, 0.3) is 0 Å². The third-order valence-corrected chi connectivity index (χ3v) is 11.3. The summed E-state index contributed by atoms with van der Waals surface area (Å²) in [5, 5.41) is 3.31. The molecule has 2 aromatic rings. The number of hydrogen-bond donors (Lipinski definition) is 1. The van der Waals surface area contributed by atoms with Gasteiger partial charge in [-0.15, -0.1) is 12.4 Å². The summed E-state index contributed by atoms with van der Waals surface area (Å²) in [4.78, 5) is 40.6. The van der Waals surface area contributed by atoms with Crippen molar-refractivity contribution >= 4 is 62.2 Å². The number of ether oxygens (including phenoxy) is 4. The number of ketones is 1. The molecule has 2 amide bonds. The quantitative estimate of drug-likeness (QED) is 0.292. The molecule has 60 heavy (non-hydrogen) atoms. The largest absolute Gasteiger partial charge is 0.444 e. The molecule has 16 heteroatoms. The lowest BCUT2D eigenvalue weighted by atomic mass is 9.96. The van der Waals surface area contributed by atoms with Crippen molar-refractivity contribution in [1.82, 2.24) is 20.0 Å². The third-order valence-electron chi connectivity index (χ3n) is 10.3. The average Bonchev–Trinajstić information content (AvgIpc) is 3.19. The van der Waals surface area contributed by atoms with Crippen LogP contribution in [0.1, 0.15) is 78.4 Å². The zero-order valence-corrected chi connectivity index (χ0v) is 39.9. The maximum atomic E-state index is 13.3. The number of rotatable bonds is 7. The minimum Gasteiger partial charge on any atom is -0.444 e. The van der Waals surface area contributed by atoms with E-state index in [0.717, 1.165) is 34.6 Å². The van der Waals surface area contributed by atoms with E-state index in [-0.39, 0.29) is 48.6 Å². The molecular weight excluding hydrogens is 930 g/mol. The maximum Gasteiger partial charge on any atom is 0.410 e. The van der Waals surface area contributed by atoms with Crippen molar-refractivity contribution in [3.05, 3.63) is 68.6 Å². The molecule has 338 valence electrons. The van der Waals surface area contributed by atoms with E-state index in [1.165, 1.54) is 11.1 Å². The van der Waals surface area contributed by atoms with E-state index >= 15 is 0 Å². The van der Waals surface area contributed by atoms with Gasteiger partial charge < -0.3 is 34.1 Å². The van der Waals surface area contributed by atoms with E-state index in [1.807, 2.05) is 65.8 Å². The van der Waals surface area contributed by atoms with Crippen LogP contribution < -0.4 is 5.32 Å². The van der Waals surface area contributed by atoms with Crippen molar-refractivity contribution in [2.24, 2.45) is 0 Å². The summed E-state index contributed by atoms with van der Waals surface area (Å²) in [5.74, 6) is 0.227. The SMILES string of the molecule is CC(C)(C)OC(=O)N1CCC(=O)CC1.CC(C)(C)OC(=O)N1CCC(N2C[C@H](CF)OC[C@@H]2Cc2ccc(Br)cc2)CC1.Cl.FC[C@H]1CN[C@@H](Cc2ccc(Br)cc2)CO1. The van der Waals surface area contributed by atoms with E-state index in [9.17, 15) is 23.2 Å². The highest BCUT2D eigenvalue weighted by Gasteiger charge is 2.37. The molecule has 4 aliphatic rings. The van der Waals surface area contributed by atoms with Gasteiger partial charge in [-0.3, -0.25) is 9.69 Å². The molecule has 11 nitrogen and oxygen atoms in total. The Bertz CT molecular complexity index is 1590. The molecule has 4 fully saturated rings. The fourth-order valence-corrected chi connectivity index (χ4v) is 7.69. The van der Waals surface area contributed by atoms with Crippen LogP contribution in [0, 0.1) is 0 Å². The number of nitrogens with zero attached hydrogens (tertiary/aromatic N) is 3. The minimum atomic E-state index is -0.484. The fourth-order valence-electron chi connectivity index (χ4n) is 7.16. The monoisotopic (exact) mass is 992 g/mol. The maximum absolute atomic E-state index is 13.3. The van der Waals surface area contributed by atoms with E-state index < -0.39 is 24.6 Å². The van der Waals surface area contributed by atoms with Crippen molar-refractivity contribution in [2.45, 2.75) is 122 Å². The number of carbonyl (C=O) groups is 3. The zero-order valence-electron chi connectivity index (χ0n) is 35.9. The predicted molar refractivity (Wildman–Crippen MR) is 240 cm³/mol. The second kappa shape index (κ2) is 25.0. The molecule has 4 saturated heterocycles. The Morgan fingerprint density at radius 1 is 0.733 bits per heavy atom. The van der Waals surface area contributed by atoms with Crippen LogP contribution in [0.5, 0.6) is 0 Å². The first-order valence-corrected chi connectivity index (χ1v) is 22.3. The van der Waals surface area contributed by atoms with Gasteiger partial charge in [0.1, 0.15) is 30.3 Å². The van der Waals surface area contributed by atoms with Crippen molar-refractivity contribution in [3.63, 3.8) is 0 Å². The number of morpholine rings is 2. The normalized spacial score (nSPS) is 22.9. The van der Waals surface area contributed by atoms with Gasteiger partial charge in [-0.2, -0.15) is 0 Å². The van der Waals surface area contributed by atoms with Gasteiger partial charge in [-0.25, -0.2) is 18.4 Å². The van der Waals surface area contributed by atoms with Crippen molar-refractivity contribution in [2.75, 3.05) is 65.8 Å². The van der Waals surface area contributed by atoms with Gasteiger partial charge in [0.15, 0.2) is 0 Å². The molecule has 0 unspecified atom stereocenters. The van der Waals surface area contributed by atoms with Crippen LogP contribution >= 0.6 is 44.3 Å². The van der Waals surface area contributed by atoms with Crippen LogP contribution in [-0.4, -0.2) is 140 Å². The summed E-state index contributed by atoms with van der Waals surface area (Å²) in [5.41, 5.74) is 1.57. The number of likely N-dealkylation sites (tertiary alicyclic amines) is 2. The Morgan fingerprint density at radius 2 is 1.20 bits per heavy atom. The topological polar surface area (TPSA) is 110 Å². The molecule has 6 rings (SSSR count). The highest BCUT2D eigenvalue weighted by molar-refractivity contribution is 9.10. The Kier molecular flexibility index (Phi) is 21.7. The Hall–Kier alpha value is -2.40. The second-order valence-electron chi connectivity index (χ2n) is 17.5. The van der Waals surface area contributed by atoms with E-state index in [0.29, 0.717) is 77.4 Å². The third kappa shape index (κ3) is 18.5. The summed E-state index contributed by atoms with van der Waals surface area (Å²) in [6, 6.07) is 17.4. The molecular formula is C44H65Br2ClF2N4O7. The van der Waals surface area contributed by atoms with Crippen LogP contribution in [0.2, 0.25) is 0 Å². The highest BCUT2D eigenvalue weighted by Crippen LogP contribution is 2.27. The van der Waals surface area contributed by atoms with Gasteiger partial charge in [0.05, 0.1) is 25.4 Å². The number of alkyl halides is 2. The van der Waals surface area contributed by atoms with Crippen LogP contribution in [0.4, 0.5) is 18.4 Å². The van der Waals surface area contributed by atoms with Crippen molar-refractivity contribution in [3.8, 4) is 0 Å². The molecule has 2 aromatic carbocycles. The lowest BCUT2D eigenvalue weighted by molar-refractivity contribution is -0.121. The molecule has 4 heterocycles. The molecule has 0 spiro atoms. The predicted octanol–water partition coefficient (Wildman–Crippen LogP) is 8.76. The molecule has 0 saturated carbocycles. The summed E-state index contributed by atoms with van der Waals surface area (Å²) >= 11 is 6.88. The van der Waals surface area contributed by atoms with Crippen molar-refractivity contribution in [1.29, 1.82) is 0 Å². The lowest BCUT2D eigenvalue weighted by Crippen LogP contribution is -2.58. The van der Waals surface area contributed by atoms with Gasteiger partial charge in [0, 0.05) is 79.2 Å². The summed E-state index contributed by atoms with van der Waals surface area (Å²) in [6.07, 6.45) is 3.27. The molecule has 0 aromatic heterocycles. The van der Waals surface area contributed by atoms with Crippen molar-refractivity contribution < 1.29 is 42.1 Å². The first-order chi connectivity index (χ1) is 27.9. The van der Waals surface area contributed by atoms with Gasteiger partial charge in [-0.1, -0.05) is 56.1 Å².